The number of aromatic amines is 1. The Hall–Kier alpha value is -7.88. The monoisotopic (exact) mass is 1590 g/mol. The summed E-state index contributed by atoms with van der Waals surface area (Å²) in [6.45, 7) is 5.18. The van der Waals surface area contributed by atoms with Crippen LogP contribution < -0.4 is 27.5 Å². The number of likely N-dealkylation sites (N-methyl/N-ethyl adjacent to an activating group) is 1. The smallest absolute Gasteiger partial charge is 0.497 e. The highest BCUT2D eigenvalue weighted by atomic mass is 35.5. The fourth-order valence-corrected chi connectivity index (χ4v) is 13.0. The van der Waals surface area contributed by atoms with Crippen LogP contribution in [0.15, 0.2) is 85.1 Å². The maximum absolute atomic E-state index is 14.8. The lowest BCUT2D eigenvalue weighted by atomic mass is 9.95. The third-order valence-electron chi connectivity index (χ3n) is 17.9. The molecule has 4 amide bonds. The van der Waals surface area contributed by atoms with Crippen molar-refractivity contribution in [1.29, 1.82) is 0 Å². The first kappa shape index (κ1) is 84.6. The van der Waals surface area contributed by atoms with Crippen molar-refractivity contribution in [2.45, 2.75) is 80.3 Å². The van der Waals surface area contributed by atoms with E-state index in [0.29, 0.717) is 126 Å². The molecule has 0 bridgehead atoms. The zero-order valence-corrected chi connectivity index (χ0v) is 61.9. The van der Waals surface area contributed by atoms with Crippen LogP contribution in [0.4, 0.5) is 5.69 Å². The number of hydrogen-bond acceptors (Lipinski definition) is 32. The molecule has 2 aromatic heterocycles. The lowest BCUT2D eigenvalue weighted by Gasteiger charge is -2.39. The van der Waals surface area contributed by atoms with E-state index >= 15 is 0 Å². The number of hydrogen-bond donors (Lipinski definition) is 9. The quantitative estimate of drug-likeness (QED) is 0.0130. The predicted octanol–water partition coefficient (Wildman–Crippen LogP) is -0.647. The SMILES string of the molecule is COc1ccc2c(OS(=O)(=O)Oc3cc(C(=O)N(C)CCOCCOCCOCCn4cc(CCOCCOCCOCCOCCOCCOCCN5C(=O)C=CC5=O)nn4)ccc3O[C@@H]3O[C@H](CO)[C@H](O)[C@H](O)C3O)cc3c(c2c1)[C@H](CCl)CN3C(=O)c1cc2ccc(OC3O[C@H](CO)[C@H](O)[C@H](O)[C@H]3O)cc2[nH]1. The number of aliphatic hydroxyl groups excluding tert-OH is 8. The van der Waals surface area contributed by atoms with Gasteiger partial charge < -0.3 is 130 Å². The second-order valence-electron chi connectivity index (χ2n) is 25.4. The van der Waals surface area contributed by atoms with Gasteiger partial charge in [0.15, 0.2) is 17.2 Å². The summed E-state index contributed by atoms with van der Waals surface area (Å²) in [7, 11) is -2.44. The van der Waals surface area contributed by atoms with Gasteiger partial charge in [0.25, 0.3) is 23.6 Å². The zero-order valence-electron chi connectivity index (χ0n) is 60.3. The number of aromatic nitrogens is 4. The van der Waals surface area contributed by atoms with Gasteiger partial charge in [0.05, 0.1) is 164 Å². The van der Waals surface area contributed by atoms with Gasteiger partial charge in [-0.15, -0.1) is 25.1 Å². The third-order valence-corrected chi connectivity index (χ3v) is 19.0. The number of fused-ring (bicyclic) bond motifs is 4. The van der Waals surface area contributed by atoms with E-state index in [1.165, 1.54) is 66.4 Å². The van der Waals surface area contributed by atoms with Crippen molar-refractivity contribution in [3.63, 3.8) is 0 Å². The van der Waals surface area contributed by atoms with Crippen molar-refractivity contribution in [2.75, 3.05) is 177 Å². The van der Waals surface area contributed by atoms with Gasteiger partial charge >= 0.3 is 10.4 Å². The highest BCUT2D eigenvalue weighted by molar-refractivity contribution is 7.82. The number of imide groups is 1. The Morgan fingerprint density at radius 3 is 1.73 bits per heavy atom. The van der Waals surface area contributed by atoms with E-state index in [1.807, 2.05) is 6.20 Å². The summed E-state index contributed by atoms with van der Waals surface area (Å²) in [5.74, 6) is -3.44. The first-order valence-corrected chi connectivity index (χ1v) is 37.3. The van der Waals surface area contributed by atoms with Crippen LogP contribution in [-0.4, -0.2) is 336 Å². The van der Waals surface area contributed by atoms with Crippen LogP contribution in [0.3, 0.4) is 0 Å². The zero-order chi connectivity index (χ0) is 78.3. The van der Waals surface area contributed by atoms with Crippen LogP contribution in [0.1, 0.15) is 38.0 Å². The number of nitrogens with one attached hydrogen (secondary N) is 1. The molecule has 4 aromatic carbocycles. The summed E-state index contributed by atoms with van der Waals surface area (Å²) in [5.41, 5.74) is 1.82. The number of halogens is 1. The molecular weight excluding hydrogens is 1500 g/mol. The standard InChI is InChI=1S/C71H92ClN7O30S/c1-76(12-16-96-20-24-100-25-21-97-17-13-77-40-46(74-75-77)11-15-95-19-23-99-27-29-102-31-32-103-30-28-101-26-22-98-18-14-78-59(82)9-10-60(78)83)68(90)44-4-8-54(105-71-67(89)65(87)63(85)58(42-81)107-71)56(34-44)109-110(92,93)108-55-37-53-61(50-35-47(94-2)6-7-49(50)55)45(38-72)39-79(53)69(91)52-33-43-3-5-48(36-51(43)73-52)104-70-66(88)64(86)62(84)57(41-80)106-70/h3-10,33-37,40,45,57-58,62-67,70-71,73,80-81,84-89H,11-32,38-39,41-42H2,1-2H3/t45-,57-,58-,62+,63+,64+,65+,66-,67?,70?,71-/m1/s1. The van der Waals surface area contributed by atoms with E-state index in [1.54, 1.807) is 28.9 Å². The van der Waals surface area contributed by atoms with Crippen molar-refractivity contribution in [3.05, 3.63) is 108 Å². The highest BCUT2D eigenvalue weighted by Crippen LogP contribution is 2.48. The Balaban J connectivity index is 0.652. The van der Waals surface area contributed by atoms with E-state index in [4.69, 9.17) is 86.3 Å². The number of aliphatic hydroxyl groups is 8. The van der Waals surface area contributed by atoms with Gasteiger partial charge in [0, 0.05) is 90.7 Å². The third kappa shape index (κ3) is 22.7. The van der Waals surface area contributed by atoms with Gasteiger partial charge in [0.1, 0.15) is 66.0 Å². The van der Waals surface area contributed by atoms with Crippen LogP contribution >= 0.6 is 11.6 Å². The molecule has 604 valence electrons. The second kappa shape index (κ2) is 41.6. The average Bonchev–Trinajstić information content (AvgIpc) is 1.55. The van der Waals surface area contributed by atoms with Gasteiger partial charge in [-0.3, -0.25) is 24.1 Å². The minimum atomic E-state index is -5.34. The largest absolute Gasteiger partial charge is 0.501 e. The minimum Gasteiger partial charge on any atom is -0.497 e. The molecule has 6 aromatic rings. The van der Waals surface area contributed by atoms with Gasteiger partial charge in [-0.1, -0.05) is 5.21 Å². The van der Waals surface area contributed by atoms with E-state index in [0.717, 1.165) is 22.7 Å². The van der Waals surface area contributed by atoms with Gasteiger partial charge in [-0.05, 0) is 65.5 Å². The lowest BCUT2D eigenvalue weighted by molar-refractivity contribution is -0.277. The van der Waals surface area contributed by atoms with Crippen molar-refractivity contribution in [1.82, 2.24) is 29.8 Å². The number of benzene rings is 4. The molecule has 37 nitrogen and oxygen atoms in total. The molecular formula is C71H92ClN7O30S. The van der Waals surface area contributed by atoms with Crippen LogP contribution in [0.25, 0.3) is 21.7 Å². The summed E-state index contributed by atoms with van der Waals surface area (Å²) in [6, 6.07) is 15.6. The average molecular weight is 1590 g/mol. The molecule has 4 aliphatic rings. The molecule has 0 aliphatic carbocycles. The molecule has 0 saturated carbocycles. The molecule has 4 aliphatic heterocycles. The molecule has 0 spiro atoms. The highest BCUT2D eigenvalue weighted by Gasteiger charge is 2.47. The summed E-state index contributed by atoms with van der Waals surface area (Å²) in [4.78, 5) is 58.7. The first-order valence-electron chi connectivity index (χ1n) is 35.4. The maximum Gasteiger partial charge on any atom is 0.501 e. The van der Waals surface area contributed by atoms with E-state index in [9.17, 15) is 68.4 Å². The summed E-state index contributed by atoms with van der Waals surface area (Å²) in [6.07, 6.45) is -11.8. The fourth-order valence-electron chi connectivity index (χ4n) is 12.0. The Morgan fingerprint density at radius 1 is 0.600 bits per heavy atom. The second-order valence-corrected chi connectivity index (χ2v) is 26.9. The van der Waals surface area contributed by atoms with Crippen molar-refractivity contribution in [2.24, 2.45) is 0 Å². The van der Waals surface area contributed by atoms with Crippen LogP contribution in [0.2, 0.25) is 0 Å². The molecule has 11 atom stereocenters. The topological polar surface area (TPSA) is 468 Å². The van der Waals surface area contributed by atoms with Crippen LogP contribution in [0, 0.1) is 0 Å². The molecule has 0 radical (unpaired) electrons. The molecule has 2 fully saturated rings. The Bertz CT molecular complexity index is 4120. The molecule has 39 heteroatoms. The van der Waals surface area contributed by atoms with Gasteiger partial charge in [-0.25, -0.2) is 4.68 Å². The number of alkyl halides is 1. The Labute approximate surface area is 636 Å². The summed E-state index contributed by atoms with van der Waals surface area (Å²) in [5, 5.41) is 92.3. The van der Waals surface area contributed by atoms with Crippen LogP contribution in [0.5, 0.6) is 28.7 Å². The number of ether oxygens (including phenoxy) is 14. The van der Waals surface area contributed by atoms with Crippen molar-refractivity contribution < 1.29 is 143 Å². The number of methoxy groups -OCH3 is 1. The first-order chi connectivity index (χ1) is 53.2. The molecule has 2 saturated heterocycles. The lowest BCUT2D eigenvalue weighted by Crippen LogP contribution is -2.60. The van der Waals surface area contributed by atoms with E-state index in [-0.39, 0.29) is 104 Å². The molecule has 9 N–H and O–H groups in total. The molecule has 110 heavy (non-hydrogen) atoms. The maximum atomic E-state index is 14.8. The number of nitrogens with zero attached hydrogens (tertiary/aromatic N) is 6. The molecule has 10 rings (SSSR count). The van der Waals surface area contributed by atoms with E-state index in [2.05, 4.69) is 15.3 Å². The molecule has 6 heterocycles. The van der Waals surface area contributed by atoms with Crippen LogP contribution in [-0.2, 0) is 85.1 Å². The van der Waals surface area contributed by atoms with Gasteiger partial charge in [-0.2, -0.15) is 0 Å². The van der Waals surface area contributed by atoms with E-state index < -0.39 is 114 Å². The fraction of sp³-hybridized carbons (Fsp3) is 0.549. The number of rotatable bonds is 47. The summed E-state index contributed by atoms with van der Waals surface area (Å²) < 4.78 is 121. The van der Waals surface area contributed by atoms with Crippen molar-refractivity contribution in [3.8, 4) is 28.7 Å². The van der Waals surface area contributed by atoms with Crippen molar-refractivity contribution >= 4 is 73.0 Å². The summed E-state index contributed by atoms with van der Waals surface area (Å²) >= 11 is 6.63. The number of carbonyl (C=O) groups excluding carboxylic acids is 4. The normalized spacial score (nSPS) is 22.0. The van der Waals surface area contributed by atoms with Gasteiger partial charge in [0.2, 0.25) is 12.6 Å². The number of anilines is 1. The number of H-pyrrole nitrogens is 1. The Morgan fingerprint density at radius 2 is 1.15 bits per heavy atom. The number of amides is 4. The Kier molecular flexibility index (Phi) is 32.0. The molecule has 2 unspecified atom stereocenters. The minimum absolute atomic E-state index is 0.00440. The predicted molar refractivity (Wildman–Crippen MR) is 383 cm³/mol. The number of carbonyl (C=O) groups is 4.